The summed E-state index contributed by atoms with van der Waals surface area (Å²) in [7, 11) is -3.66. The van der Waals surface area contributed by atoms with Gasteiger partial charge < -0.3 is 15.8 Å². The van der Waals surface area contributed by atoms with Crippen LogP contribution in [0.25, 0.3) is 10.9 Å². The quantitative estimate of drug-likeness (QED) is 0.498. The van der Waals surface area contributed by atoms with Crippen molar-refractivity contribution >= 4 is 43.9 Å². The van der Waals surface area contributed by atoms with Gasteiger partial charge in [0.05, 0.1) is 10.4 Å². The summed E-state index contributed by atoms with van der Waals surface area (Å²) in [4.78, 5) is 2.73. The lowest BCUT2D eigenvalue weighted by Crippen LogP contribution is -2.30. The predicted octanol–water partition coefficient (Wildman–Crippen LogP) is 1.89. The van der Waals surface area contributed by atoms with Gasteiger partial charge in [-0.2, -0.15) is 0 Å². The average molecular weight is 341 g/mol. The number of nitrogens with two attached hydrogens (primary N) is 1. The Labute approximate surface area is 132 Å². The van der Waals surface area contributed by atoms with Crippen molar-refractivity contribution in [3.8, 4) is 5.88 Å². The fraction of sp³-hybridized carbons (Fsp3) is 0.250. The number of nitrogens with one attached hydrogen (secondary N) is 2. The molecule has 0 saturated heterocycles. The van der Waals surface area contributed by atoms with Gasteiger partial charge >= 0.3 is 0 Å². The minimum Gasteiger partial charge on any atom is -0.493 e. The van der Waals surface area contributed by atoms with Gasteiger partial charge in [0, 0.05) is 11.4 Å². The van der Waals surface area contributed by atoms with E-state index < -0.39 is 10.0 Å². The van der Waals surface area contributed by atoms with Crippen molar-refractivity contribution in [3.05, 3.63) is 18.2 Å². The summed E-state index contributed by atoms with van der Waals surface area (Å²) in [5.41, 5.74) is 5.82. The van der Waals surface area contributed by atoms with E-state index in [-0.39, 0.29) is 27.6 Å². The van der Waals surface area contributed by atoms with E-state index in [0.717, 1.165) is 0 Å². The number of hydrogen-bond acceptors (Lipinski definition) is 5. The van der Waals surface area contributed by atoms with Gasteiger partial charge in [-0.15, -0.1) is 10.2 Å². The normalized spacial score (nSPS) is 12.5. The maximum Gasteiger partial charge on any atom is 0.240 e. The Hall–Kier alpha value is -2.04. The molecule has 0 spiro atoms. The predicted molar refractivity (Wildman–Crippen MR) is 86.7 cm³/mol. The Kier molecular flexibility index (Phi) is 4.44. The summed E-state index contributed by atoms with van der Waals surface area (Å²) in [5, 5.41) is 17.3. The lowest BCUT2D eigenvalue weighted by Gasteiger charge is -2.09. The maximum absolute atomic E-state index is 12.2. The second-order valence-electron chi connectivity index (χ2n) is 4.84. The molecule has 118 valence electrons. The first-order chi connectivity index (χ1) is 10.2. The Balaban J connectivity index is 2.58. The van der Waals surface area contributed by atoms with Crippen LogP contribution in [0.2, 0.25) is 0 Å². The highest BCUT2D eigenvalue weighted by Crippen LogP contribution is 2.36. The van der Waals surface area contributed by atoms with Crippen LogP contribution < -0.4 is 10.5 Å². The molecular weight excluding hydrogens is 326 g/mol. The SMILES string of the molecule is CC(C)NS(=O)(=O)c1ccc2[nH]c(O)c(N=NC(N)=S)c2c1. The number of thiocarbonyl (C=S) groups is 1. The molecule has 0 atom stereocenters. The van der Waals surface area contributed by atoms with E-state index in [1.807, 2.05) is 0 Å². The van der Waals surface area contributed by atoms with Crippen molar-refractivity contribution < 1.29 is 13.5 Å². The number of nitrogens with zero attached hydrogens (tertiary/aromatic N) is 2. The molecule has 1 aromatic heterocycles. The van der Waals surface area contributed by atoms with E-state index in [0.29, 0.717) is 10.9 Å². The van der Waals surface area contributed by atoms with Gasteiger partial charge in [0.25, 0.3) is 0 Å². The van der Waals surface area contributed by atoms with Crippen molar-refractivity contribution in [2.24, 2.45) is 16.0 Å². The third-order valence-corrected chi connectivity index (χ3v) is 4.41. The summed E-state index contributed by atoms with van der Waals surface area (Å²) < 4.78 is 26.9. The summed E-state index contributed by atoms with van der Waals surface area (Å²) in [5.74, 6) is -0.249. The molecule has 0 saturated carbocycles. The van der Waals surface area contributed by atoms with E-state index >= 15 is 0 Å². The minimum absolute atomic E-state index is 0.0551. The second kappa shape index (κ2) is 5.99. The molecule has 0 unspecified atom stereocenters. The molecule has 2 aromatic rings. The molecule has 0 fully saturated rings. The highest BCUT2D eigenvalue weighted by Gasteiger charge is 2.18. The molecule has 0 aliphatic rings. The van der Waals surface area contributed by atoms with Crippen molar-refractivity contribution in [1.82, 2.24) is 9.71 Å². The largest absolute Gasteiger partial charge is 0.493 e. The van der Waals surface area contributed by atoms with E-state index in [1.54, 1.807) is 13.8 Å². The molecule has 0 amide bonds. The van der Waals surface area contributed by atoms with E-state index in [4.69, 9.17) is 5.73 Å². The molecule has 22 heavy (non-hydrogen) atoms. The maximum atomic E-state index is 12.2. The lowest BCUT2D eigenvalue weighted by atomic mass is 10.2. The number of hydrogen-bond donors (Lipinski definition) is 4. The van der Waals surface area contributed by atoms with Gasteiger partial charge in [0.15, 0.2) is 5.69 Å². The van der Waals surface area contributed by atoms with Crippen LogP contribution in [0.3, 0.4) is 0 Å². The van der Waals surface area contributed by atoms with Gasteiger partial charge in [0.2, 0.25) is 21.0 Å². The van der Waals surface area contributed by atoms with Gasteiger partial charge in [0.1, 0.15) is 0 Å². The Morgan fingerprint density at radius 1 is 1.45 bits per heavy atom. The molecule has 5 N–H and O–H groups in total. The third kappa shape index (κ3) is 3.40. The first-order valence-electron chi connectivity index (χ1n) is 6.29. The van der Waals surface area contributed by atoms with Crippen molar-refractivity contribution in [2.75, 3.05) is 0 Å². The topological polar surface area (TPSA) is 133 Å². The number of aromatic nitrogens is 1. The van der Waals surface area contributed by atoms with E-state index in [1.165, 1.54) is 18.2 Å². The van der Waals surface area contributed by atoms with Crippen molar-refractivity contribution in [3.63, 3.8) is 0 Å². The van der Waals surface area contributed by atoms with Crippen LogP contribution >= 0.6 is 12.2 Å². The Bertz CT molecular complexity index is 855. The van der Waals surface area contributed by atoms with Crippen LogP contribution in [0.1, 0.15) is 13.8 Å². The molecule has 0 aliphatic carbocycles. The molecular formula is C12H15N5O3S2. The van der Waals surface area contributed by atoms with Crippen LogP contribution in [-0.4, -0.2) is 29.7 Å². The average Bonchev–Trinajstić information content (AvgIpc) is 2.69. The molecule has 1 heterocycles. The van der Waals surface area contributed by atoms with Crippen LogP contribution in [0.4, 0.5) is 5.69 Å². The van der Waals surface area contributed by atoms with Gasteiger partial charge in [-0.3, -0.25) is 0 Å². The first-order valence-corrected chi connectivity index (χ1v) is 8.18. The van der Waals surface area contributed by atoms with E-state index in [9.17, 15) is 13.5 Å². The smallest absolute Gasteiger partial charge is 0.240 e. The number of H-pyrrole nitrogens is 1. The number of fused-ring (bicyclic) bond motifs is 1. The minimum atomic E-state index is -3.66. The zero-order valence-corrected chi connectivity index (χ0v) is 13.5. The zero-order chi connectivity index (χ0) is 16.5. The van der Waals surface area contributed by atoms with Crippen LogP contribution in [-0.2, 0) is 10.0 Å². The van der Waals surface area contributed by atoms with Crippen molar-refractivity contribution in [1.29, 1.82) is 0 Å². The Morgan fingerprint density at radius 3 is 2.73 bits per heavy atom. The number of aromatic hydroxyl groups is 1. The standard InChI is InChI=1S/C12H15N5O3S2/c1-6(2)17-22(19,20)7-3-4-9-8(5-7)10(11(18)14-9)15-16-12(13)21/h3-6,14,17-18H,1-2H3,(H2,13,21). The van der Waals surface area contributed by atoms with Crippen LogP contribution in [0.5, 0.6) is 5.88 Å². The van der Waals surface area contributed by atoms with Crippen LogP contribution in [0, 0.1) is 0 Å². The van der Waals surface area contributed by atoms with Gasteiger partial charge in [-0.1, -0.05) is 0 Å². The zero-order valence-electron chi connectivity index (χ0n) is 11.9. The number of aromatic amines is 1. The molecule has 0 radical (unpaired) electrons. The molecule has 0 aliphatic heterocycles. The summed E-state index contributed by atoms with van der Waals surface area (Å²) >= 11 is 4.59. The molecule has 8 nitrogen and oxygen atoms in total. The summed E-state index contributed by atoms with van der Waals surface area (Å²) in [6, 6.07) is 4.11. The van der Waals surface area contributed by atoms with Gasteiger partial charge in [-0.05, 0) is 44.3 Å². The number of sulfonamides is 1. The van der Waals surface area contributed by atoms with E-state index in [2.05, 4.69) is 32.2 Å². The Morgan fingerprint density at radius 2 is 2.14 bits per heavy atom. The third-order valence-electron chi connectivity index (χ3n) is 2.67. The highest BCUT2D eigenvalue weighted by molar-refractivity contribution is 7.89. The molecule has 0 bridgehead atoms. The monoisotopic (exact) mass is 341 g/mol. The molecule has 10 heteroatoms. The fourth-order valence-corrected chi connectivity index (χ4v) is 3.21. The second-order valence-corrected chi connectivity index (χ2v) is 6.98. The summed E-state index contributed by atoms with van der Waals surface area (Å²) in [6.07, 6.45) is 0. The number of rotatable bonds is 4. The molecule has 1 aromatic carbocycles. The number of benzene rings is 1. The van der Waals surface area contributed by atoms with Crippen molar-refractivity contribution in [2.45, 2.75) is 24.8 Å². The van der Waals surface area contributed by atoms with Gasteiger partial charge in [-0.25, -0.2) is 13.1 Å². The number of azo groups is 1. The summed E-state index contributed by atoms with van der Waals surface area (Å²) in [6.45, 7) is 3.44. The molecule has 2 rings (SSSR count). The first kappa shape index (κ1) is 16.3. The fourth-order valence-electron chi connectivity index (χ4n) is 1.89. The lowest BCUT2D eigenvalue weighted by molar-refractivity contribution is 0.459. The van der Waals surface area contributed by atoms with Crippen LogP contribution in [0.15, 0.2) is 33.3 Å². The highest BCUT2D eigenvalue weighted by atomic mass is 32.2.